The Bertz CT molecular complexity index is 511. The van der Waals surface area contributed by atoms with E-state index in [1.165, 1.54) is 6.08 Å². The van der Waals surface area contributed by atoms with Gasteiger partial charge in [0.2, 0.25) is 5.91 Å². The van der Waals surface area contributed by atoms with Gasteiger partial charge >= 0.3 is 5.97 Å². The molecular weight excluding hydrogens is 270 g/mol. The lowest BCUT2D eigenvalue weighted by Crippen LogP contribution is -2.32. The number of ether oxygens (including phenoxy) is 1. The molecule has 0 atom stereocenters. The van der Waals surface area contributed by atoms with Crippen LogP contribution in [-0.2, 0) is 9.59 Å². The topological polar surface area (TPSA) is 66.8 Å². The van der Waals surface area contributed by atoms with E-state index in [4.69, 9.17) is 9.84 Å². The van der Waals surface area contributed by atoms with Crippen LogP contribution in [0.15, 0.2) is 30.3 Å². The second-order valence-electron chi connectivity index (χ2n) is 4.58. The van der Waals surface area contributed by atoms with E-state index in [9.17, 15) is 9.59 Å². The van der Waals surface area contributed by atoms with Gasteiger partial charge in [-0.2, -0.15) is 0 Å². The van der Waals surface area contributed by atoms with Crippen molar-refractivity contribution >= 4 is 18.0 Å². The standard InChI is InChI=1S/C16H21NO4/c1-3-10-17(11-9-16(19)20)15(18)8-7-13-5-4-6-14(12-13)21-2/h4-8,12H,3,9-11H2,1-2H3,(H,19,20)/b8-7+. The first-order valence-electron chi connectivity index (χ1n) is 6.89. The van der Waals surface area contributed by atoms with Crippen LogP contribution in [0.5, 0.6) is 5.75 Å². The summed E-state index contributed by atoms with van der Waals surface area (Å²) in [6.07, 6.45) is 3.91. The number of rotatable bonds is 8. The van der Waals surface area contributed by atoms with Crippen molar-refractivity contribution in [2.45, 2.75) is 19.8 Å². The molecule has 0 aliphatic heterocycles. The molecule has 1 aromatic rings. The van der Waals surface area contributed by atoms with Gasteiger partial charge < -0.3 is 14.7 Å². The van der Waals surface area contributed by atoms with Crippen LogP contribution >= 0.6 is 0 Å². The van der Waals surface area contributed by atoms with Crippen LogP contribution in [0.3, 0.4) is 0 Å². The van der Waals surface area contributed by atoms with Crippen LogP contribution in [0.25, 0.3) is 6.08 Å². The van der Waals surface area contributed by atoms with Gasteiger partial charge in [-0.15, -0.1) is 0 Å². The van der Waals surface area contributed by atoms with Gasteiger partial charge in [-0.05, 0) is 30.2 Å². The normalized spacial score (nSPS) is 10.6. The van der Waals surface area contributed by atoms with E-state index in [0.717, 1.165) is 17.7 Å². The quantitative estimate of drug-likeness (QED) is 0.747. The molecule has 0 aromatic heterocycles. The summed E-state index contributed by atoms with van der Waals surface area (Å²) in [5.41, 5.74) is 0.859. The molecule has 0 aliphatic rings. The Kier molecular flexibility index (Phi) is 7.01. The van der Waals surface area contributed by atoms with E-state index in [-0.39, 0.29) is 18.9 Å². The average molecular weight is 291 g/mol. The number of aliphatic carboxylic acids is 1. The summed E-state index contributed by atoms with van der Waals surface area (Å²) in [5, 5.41) is 8.71. The molecule has 0 saturated carbocycles. The van der Waals surface area contributed by atoms with E-state index < -0.39 is 5.97 Å². The third-order valence-corrected chi connectivity index (χ3v) is 2.91. The summed E-state index contributed by atoms with van der Waals surface area (Å²) in [6.45, 7) is 2.73. The molecule has 5 heteroatoms. The summed E-state index contributed by atoms with van der Waals surface area (Å²) in [4.78, 5) is 24.2. The van der Waals surface area contributed by atoms with Crippen molar-refractivity contribution in [2.75, 3.05) is 20.2 Å². The Morgan fingerprint density at radius 2 is 2.10 bits per heavy atom. The molecule has 0 heterocycles. The smallest absolute Gasteiger partial charge is 0.305 e. The molecule has 0 bridgehead atoms. The number of hydrogen-bond donors (Lipinski definition) is 1. The van der Waals surface area contributed by atoms with Crippen LogP contribution in [0.1, 0.15) is 25.3 Å². The Balaban J connectivity index is 2.70. The predicted octanol–water partition coefficient (Wildman–Crippen LogP) is 2.42. The van der Waals surface area contributed by atoms with E-state index >= 15 is 0 Å². The van der Waals surface area contributed by atoms with Gasteiger partial charge in [-0.25, -0.2) is 0 Å². The van der Waals surface area contributed by atoms with E-state index in [1.54, 1.807) is 18.1 Å². The Morgan fingerprint density at radius 1 is 1.33 bits per heavy atom. The molecule has 21 heavy (non-hydrogen) atoms. The molecule has 0 aliphatic carbocycles. The van der Waals surface area contributed by atoms with E-state index in [0.29, 0.717) is 6.54 Å². The third-order valence-electron chi connectivity index (χ3n) is 2.91. The van der Waals surface area contributed by atoms with Gasteiger partial charge in [0.05, 0.1) is 13.5 Å². The van der Waals surface area contributed by atoms with Crippen LogP contribution in [0, 0.1) is 0 Å². The molecular formula is C16H21NO4. The van der Waals surface area contributed by atoms with Gasteiger partial charge in [0.15, 0.2) is 0 Å². The van der Waals surface area contributed by atoms with Crippen molar-refractivity contribution in [3.8, 4) is 5.75 Å². The monoisotopic (exact) mass is 291 g/mol. The lowest BCUT2D eigenvalue weighted by molar-refractivity contribution is -0.138. The number of carbonyl (C=O) groups is 2. The van der Waals surface area contributed by atoms with Gasteiger partial charge in [-0.3, -0.25) is 9.59 Å². The first-order valence-corrected chi connectivity index (χ1v) is 6.89. The SMILES string of the molecule is CCCN(CCC(=O)O)C(=O)/C=C/c1cccc(OC)c1. The first kappa shape index (κ1) is 16.8. The molecule has 1 rings (SSSR count). The summed E-state index contributed by atoms with van der Waals surface area (Å²) in [6, 6.07) is 7.37. The zero-order valence-electron chi connectivity index (χ0n) is 12.4. The highest BCUT2D eigenvalue weighted by Crippen LogP contribution is 2.13. The molecule has 0 saturated heterocycles. The molecule has 1 aromatic carbocycles. The highest BCUT2D eigenvalue weighted by Gasteiger charge is 2.11. The summed E-state index contributed by atoms with van der Waals surface area (Å²) in [7, 11) is 1.59. The second kappa shape index (κ2) is 8.79. The largest absolute Gasteiger partial charge is 0.497 e. The van der Waals surface area contributed by atoms with Crippen molar-refractivity contribution in [3.63, 3.8) is 0 Å². The van der Waals surface area contributed by atoms with Gasteiger partial charge in [0.1, 0.15) is 5.75 Å². The maximum atomic E-state index is 12.1. The van der Waals surface area contributed by atoms with E-state index in [2.05, 4.69) is 0 Å². The molecule has 0 spiro atoms. The van der Waals surface area contributed by atoms with Gasteiger partial charge in [-0.1, -0.05) is 19.1 Å². The first-order chi connectivity index (χ1) is 10.1. The fourth-order valence-corrected chi connectivity index (χ4v) is 1.85. The minimum atomic E-state index is -0.902. The zero-order chi connectivity index (χ0) is 15.7. The highest BCUT2D eigenvalue weighted by atomic mass is 16.5. The van der Waals surface area contributed by atoms with Crippen LogP contribution in [0.4, 0.5) is 0 Å². The number of methoxy groups -OCH3 is 1. The fraction of sp³-hybridized carbons (Fsp3) is 0.375. The number of carbonyl (C=O) groups excluding carboxylic acids is 1. The molecule has 1 N–H and O–H groups in total. The number of carboxylic acids is 1. The van der Waals surface area contributed by atoms with Crippen LogP contribution in [0.2, 0.25) is 0 Å². The molecule has 0 fully saturated rings. The average Bonchev–Trinajstić information content (AvgIpc) is 2.49. The highest BCUT2D eigenvalue weighted by molar-refractivity contribution is 5.92. The zero-order valence-corrected chi connectivity index (χ0v) is 12.4. The summed E-state index contributed by atoms with van der Waals surface area (Å²) >= 11 is 0. The number of nitrogens with zero attached hydrogens (tertiary/aromatic N) is 1. The predicted molar refractivity (Wildman–Crippen MR) is 81.2 cm³/mol. The van der Waals surface area contributed by atoms with Crippen molar-refractivity contribution in [1.29, 1.82) is 0 Å². The Morgan fingerprint density at radius 3 is 2.71 bits per heavy atom. The lowest BCUT2D eigenvalue weighted by Gasteiger charge is -2.19. The van der Waals surface area contributed by atoms with E-state index in [1.807, 2.05) is 31.2 Å². The lowest BCUT2D eigenvalue weighted by atomic mass is 10.2. The Labute approximate surface area is 124 Å². The van der Waals surface area contributed by atoms with Crippen LogP contribution in [-0.4, -0.2) is 42.1 Å². The molecule has 0 unspecified atom stereocenters. The minimum Gasteiger partial charge on any atom is -0.497 e. The number of amides is 1. The van der Waals surface area contributed by atoms with Gasteiger partial charge in [0, 0.05) is 19.2 Å². The van der Waals surface area contributed by atoms with Crippen molar-refractivity contribution in [3.05, 3.63) is 35.9 Å². The molecule has 1 amide bonds. The number of hydrogen-bond acceptors (Lipinski definition) is 3. The van der Waals surface area contributed by atoms with Gasteiger partial charge in [0.25, 0.3) is 0 Å². The maximum Gasteiger partial charge on any atom is 0.305 e. The third kappa shape index (κ3) is 6.12. The molecule has 114 valence electrons. The number of carboxylic acid groups (broad SMARTS) is 1. The summed E-state index contributed by atoms with van der Waals surface area (Å²) in [5.74, 6) is -0.359. The van der Waals surface area contributed by atoms with Crippen molar-refractivity contribution < 1.29 is 19.4 Å². The van der Waals surface area contributed by atoms with Crippen molar-refractivity contribution in [2.24, 2.45) is 0 Å². The van der Waals surface area contributed by atoms with Crippen molar-refractivity contribution in [1.82, 2.24) is 4.90 Å². The fourth-order valence-electron chi connectivity index (χ4n) is 1.85. The number of benzene rings is 1. The second-order valence-corrected chi connectivity index (χ2v) is 4.58. The molecule has 0 radical (unpaired) electrons. The minimum absolute atomic E-state index is 0.0429. The summed E-state index contributed by atoms with van der Waals surface area (Å²) < 4.78 is 5.12. The maximum absolute atomic E-state index is 12.1. The van der Waals surface area contributed by atoms with Crippen LogP contribution < -0.4 is 4.74 Å². The Hall–Kier alpha value is -2.30. The molecule has 5 nitrogen and oxygen atoms in total.